The van der Waals surface area contributed by atoms with Gasteiger partial charge in [0.15, 0.2) is 0 Å². The van der Waals surface area contributed by atoms with Gasteiger partial charge < -0.3 is 20.3 Å². The summed E-state index contributed by atoms with van der Waals surface area (Å²) in [4.78, 5) is 31.3. The monoisotopic (exact) mass is 264 g/mol. The van der Waals surface area contributed by atoms with Crippen LogP contribution in [-0.4, -0.2) is 51.1 Å². The number of rotatable bonds is 4. The number of carbonyl (C=O) groups excluding carboxylic acids is 1. The van der Waals surface area contributed by atoms with Crippen molar-refractivity contribution >= 4 is 12.0 Å². The Morgan fingerprint density at radius 1 is 1.53 bits per heavy atom. The Kier molecular flexibility index (Phi) is 4.17. The number of aromatic amines is 1. The largest absolute Gasteiger partial charge is 0.480 e. The van der Waals surface area contributed by atoms with E-state index in [2.05, 4.69) is 15.3 Å². The number of carboxylic acid groups (broad SMARTS) is 1. The Labute approximate surface area is 110 Å². The fraction of sp³-hybridized carbons (Fsp3) is 0.417. The van der Waals surface area contributed by atoms with Crippen molar-refractivity contribution in [1.29, 1.82) is 0 Å². The molecule has 1 aliphatic heterocycles. The standard InChI is InChI=1S/C12H16N4O3/c17-11(18)10(6-9-7-13-8-14-9)15-12(19)16-4-2-1-3-5-16/h1-2,7-8,10H,3-6H2,(H,13,14)(H,15,19)(H,17,18)/t10-/m0/s1. The maximum atomic E-state index is 11.9. The van der Waals surface area contributed by atoms with Crippen LogP contribution in [-0.2, 0) is 11.2 Å². The van der Waals surface area contributed by atoms with Gasteiger partial charge in [-0.05, 0) is 6.42 Å². The summed E-state index contributed by atoms with van der Waals surface area (Å²) in [6.07, 6.45) is 7.91. The Bertz CT molecular complexity index is 469. The summed E-state index contributed by atoms with van der Waals surface area (Å²) in [6.45, 7) is 1.13. The highest BCUT2D eigenvalue weighted by Gasteiger charge is 2.23. The third-order valence-corrected chi connectivity index (χ3v) is 2.92. The number of aliphatic carboxylic acids is 1. The average Bonchev–Trinajstić information content (AvgIpc) is 2.91. The van der Waals surface area contributed by atoms with Gasteiger partial charge in [-0.25, -0.2) is 14.6 Å². The van der Waals surface area contributed by atoms with Crippen LogP contribution in [0.15, 0.2) is 24.7 Å². The molecule has 3 N–H and O–H groups in total. The Hall–Kier alpha value is -2.31. The van der Waals surface area contributed by atoms with E-state index >= 15 is 0 Å². The van der Waals surface area contributed by atoms with E-state index in [4.69, 9.17) is 5.11 Å². The Morgan fingerprint density at radius 2 is 2.37 bits per heavy atom. The second-order valence-corrected chi connectivity index (χ2v) is 4.33. The minimum Gasteiger partial charge on any atom is -0.480 e. The lowest BCUT2D eigenvalue weighted by Gasteiger charge is -2.25. The fourth-order valence-electron chi connectivity index (χ4n) is 1.88. The van der Waals surface area contributed by atoms with Crippen molar-refractivity contribution in [1.82, 2.24) is 20.2 Å². The van der Waals surface area contributed by atoms with Gasteiger partial charge in [0.05, 0.1) is 6.33 Å². The molecule has 1 aromatic rings. The third-order valence-electron chi connectivity index (χ3n) is 2.92. The fourth-order valence-corrected chi connectivity index (χ4v) is 1.88. The van der Waals surface area contributed by atoms with Gasteiger partial charge in [0, 0.05) is 31.4 Å². The van der Waals surface area contributed by atoms with Gasteiger partial charge in [-0.15, -0.1) is 0 Å². The van der Waals surface area contributed by atoms with Crippen LogP contribution < -0.4 is 5.32 Å². The van der Waals surface area contributed by atoms with Gasteiger partial charge in [0.25, 0.3) is 0 Å². The van der Waals surface area contributed by atoms with E-state index in [9.17, 15) is 9.59 Å². The normalized spacial score (nSPS) is 16.1. The molecule has 0 fully saturated rings. The van der Waals surface area contributed by atoms with Crippen molar-refractivity contribution < 1.29 is 14.7 Å². The molecule has 0 spiro atoms. The molecule has 0 radical (unpaired) electrons. The summed E-state index contributed by atoms with van der Waals surface area (Å²) in [5.74, 6) is -1.06. The summed E-state index contributed by atoms with van der Waals surface area (Å²) < 4.78 is 0. The van der Waals surface area contributed by atoms with E-state index in [1.165, 1.54) is 6.33 Å². The lowest BCUT2D eigenvalue weighted by Crippen LogP contribution is -2.49. The second kappa shape index (κ2) is 6.03. The molecule has 0 bridgehead atoms. The van der Waals surface area contributed by atoms with Crippen LogP contribution in [0.2, 0.25) is 0 Å². The average molecular weight is 264 g/mol. The molecule has 0 saturated heterocycles. The van der Waals surface area contributed by atoms with Gasteiger partial charge in [0.1, 0.15) is 6.04 Å². The predicted molar refractivity (Wildman–Crippen MR) is 67.6 cm³/mol. The number of aromatic nitrogens is 2. The third kappa shape index (κ3) is 3.57. The lowest BCUT2D eigenvalue weighted by atomic mass is 10.1. The van der Waals surface area contributed by atoms with Gasteiger partial charge in [-0.2, -0.15) is 0 Å². The smallest absolute Gasteiger partial charge is 0.326 e. The molecule has 7 nitrogen and oxygen atoms in total. The lowest BCUT2D eigenvalue weighted by molar-refractivity contribution is -0.139. The van der Waals surface area contributed by atoms with Crippen molar-refractivity contribution in [3.63, 3.8) is 0 Å². The number of hydrogen-bond donors (Lipinski definition) is 3. The summed E-state index contributed by atoms with van der Waals surface area (Å²) in [7, 11) is 0. The summed E-state index contributed by atoms with van der Waals surface area (Å²) in [5.41, 5.74) is 0.672. The zero-order valence-electron chi connectivity index (χ0n) is 10.4. The molecule has 2 heterocycles. The number of amides is 2. The number of nitrogens with one attached hydrogen (secondary N) is 2. The van der Waals surface area contributed by atoms with Crippen LogP contribution in [0.3, 0.4) is 0 Å². The first kappa shape index (κ1) is 13.1. The SMILES string of the molecule is O=C(O)[C@H](Cc1cnc[nH]1)NC(=O)N1CC=CCC1. The van der Waals surface area contributed by atoms with Crippen molar-refractivity contribution in [2.75, 3.05) is 13.1 Å². The molecule has 1 aromatic heterocycles. The molecule has 0 aliphatic carbocycles. The number of hydrogen-bond acceptors (Lipinski definition) is 3. The highest BCUT2D eigenvalue weighted by Crippen LogP contribution is 2.04. The van der Waals surface area contributed by atoms with Crippen LogP contribution >= 0.6 is 0 Å². The first-order valence-corrected chi connectivity index (χ1v) is 6.07. The van der Waals surface area contributed by atoms with E-state index in [1.54, 1.807) is 11.1 Å². The topological polar surface area (TPSA) is 98.3 Å². The molecule has 2 rings (SSSR count). The first-order chi connectivity index (χ1) is 9.16. The van der Waals surface area contributed by atoms with Crippen molar-refractivity contribution in [3.8, 4) is 0 Å². The van der Waals surface area contributed by atoms with E-state index in [1.807, 2.05) is 12.2 Å². The zero-order chi connectivity index (χ0) is 13.7. The molecule has 19 heavy (non-hydrogen) atoms. The van der Waals surface area contributed by atoms with E-state index < -0.39 is 12.0 Å². The minimum atomic E-state index is -1.06. The van der Waals surface area contributed by atoms with Crippen LogP contribution in [0.25, 0.3) is 0 Å². The van der Waals surface area contributed by atoms with Crippen LogP contribution in [0.1, 0.15) is 12.1 Å². The zero-order valence-corrected chi connectivity index (χ0v) is 10.4. The molecule has 7 heteroatoms. The van der Waals surface area contributed by atoms with Gasteiger partial charge in [-0.3, -0.25) is 0 Å². The van der Waals surface area contributed by atoms with E-state index in [-0.39, 0.29) is 12.5 Å². The minimum absolute atomic E-state index is 0.185. The van der Waals surface area contributed by atoms with Crippen molar-refractivity contribution in [2.24, 2.45) is 0 Å². The summed E-state index contributed by atoms with van der Waals surface area (Å²) in [5, 5.41) is 11.7. The molecule has 1 atom stereocenters. The van der Waals surface area contributed by atoms with Crippen LogP contribution in [0.4, 0.5) is 4.79 Å². The second-order valence-electron chi connectivity index (χ2n) is 4.33. The predicted octanol–water partition coefficient (Wildman–Crippen LogP) is 0.377. The van der Waals surface area contributed by atoms with Crippen molar-refractivity contribution in [2.45, 2.75) is 18.9 Å². The summed E-state index contributed by atoms with van der Waals surface area (Å²) >= 11 is 0. The van der Waals surface area contributed by atoms with Crippen LogP contribution in [0, 0.1) is 0 Å². The van der Waals surface area contributed by atoms with Gasteiger partial charge in [0.2, 0.25) is 0 Å². The molecule has 0 saturated carbocycles. The molecule has 1 aliphatic rings. The summed E-state index contributed by atoms with van der Waals surface area (Å²) in [6, 6.07) is -1.31. The van der Waals surface area contributed by atoms with E-state index in [0.717, 1.165) is 6.42 Å². The Morgan fingerprint density at radius 3 is 2.95 bits per heavy atom. The molecular weight excluding hydrogens is 248 g/mol. The highest BCUT2D eigenvalue weighted by atomic mass is 16.4. The maximum absolute atomic E-state index is 11.9. The number of carboxylic acids is 1. The number of carbonyl (C=O) groups is 2. The quantitative estimate of drug-likeness (QED) is 0.684. The highest BCUT2D eigenvalue weighted by molar-refractivity contribution is 5.82. The molecule has 0 unspecified atom stereocenters. The first-order valence-electron chi connectivity index (χ1n) is 6.07. The van der Waals surface area contributed by atoms with E-state index in [0.29, 0.717) is 18.8 Å². The maximum Gasteiger partial charge on any atom is 0.326 e. The number of imidazole rings is 1. The number of urea groups is 1. The molecule has 2 amide bonds. The number of H-pyrrole nitrogens is 1. The Balaban J connectivity index is 1.94. The van der Waals surface area contributed by atoms with Gasteiger partial charge >= 0.3 is 12.0 Å². The molecule has 102 valence electrons. The van der Waals surface area contributed by atoms with Gasteiger partial charge in [-0.1, -0.05) is 12.2 Å². The number of nitrogens with zero attached hydrogens (tertiary/aromatic N) is 2. The van der Waals surface area contributed by atoms with Crippen molar-refractivity contribution in [3.05, 3.63) is 30.4 Å². The van der Waals surface area contributed by atoms with Crippen LogP contribution in [0.5, 0.6) is 0 Å². The molecular formula is C12H16N4O3. The molecule has 0 aromatic carbocycles.